The third-order valence-corrected chi connectivity index (χ3v) is 1.83. The zero-order valence-electron chi connectivity index (χ0n) is 8.65. The van der Waals surface area contributed by atoms with E-state index in [1.54, 1.807) is 0 Å². The number of hydrogen-bond acceptors (Lipinski definition) is 5. The molecule has 7 nitrogen and oxygen atoms in total. The van der Waals surface area contributed by atoms with Crippen LogP contribution in [0.1, 0.15) is 10.4 Å². The molecule has 0 spiro atoms. The number of nitrogens with zero attached hydrogens (tertiary/aromatic N) is 1. The predicted octanol–water partition coefficient (Wildman–Crippen LogP) is -0.480. The molecule has 16 heavy (non-hydrogen) atoms. The van der Waals surface area contributed by atoms with Crippen LogP contribution in [-0.4, -0.2) is 35.6 Å². The minimum Gasteiger partial charge on any atom is -0.478 e. The van der Waals surface area contributed by atoms with Crippen LogP contribution in [0, 0.1) is 0 Å². The van der Waals surface area contributed by atoms with Gasteiger partial charge in [-0.15, -0.1) is 0 Å². The fourth-order valence-electron chi connectivity index (χ4n) is 1.04. The topological polar surface area (TPSA) is 117 Å². The molecule has 0 atom stereocenters. The molecule has 86 valence electrons. The summed E-state index contributed by atoms with van der Waals surface area (Å²) in [5.41, 5.74) is 5.60. The van der Waals surface area contributed by atoms with Crippen molar-refractivity contribution < 1.29 is 14.7 Å². The number of nitrogens with one attached hydrogen (secondary N) is 2. The molecule has 1 amide bonds. The van der Waals surface area contributed by atoms with Crippen molar-refractivity contribution in [1.29, 1.82) is 0 Å². The summed E-state index contributed by atoms with van der Waals surface area (Å²) in [5.74, 6) is -1.31. The summed E-state index contributed by atoms with van der Waals surface area (Å²) in [5, 5.41) is 13.9. The van der Waals surface area contributed by atoms with Crippen LogP contribution < -0.4 is 16.4 Å². The molecular formula is C9H12N4O3. The number of rotatable bonds is 4. The number of carbonyl (C=O) groups excluding carboxylic acids is 1. The highest BCUT2D eigenvalue weighted by atomic mass is 16.4. The lowest BCUT2D eigenvalue weighted by Crippen LogP contribution is -2.27. The van der Waals surface area contributed by atoms with E-state index < -0.39 is 5.97 Å². The van der Waals surface area contributed by atoms with Crippen LogP contribution in [0.2, 0.25) is 0 Å². The lowest BCUT2D eigenvalue weighted by molar-refractivity contribution is -0.118. The number of aromatic nitrogens is 1. The number of carbonyl (C=O) groups is 2. The van der Waals surface area contributed by atoms with Gasteiger partial charge in [-0.05, 0) is 6.07 Å². The molecule has 0 aliphatic rings. The van der Waals surface area contributed by atoms with E-state index in [2.05, 4.69) is 15.6 Å². The van der Waals surface area contributed by atoms with E-state index in [9.17, 15) is 9.59 Å². The molecule has 0 aliphatic heterocycles. The maximum Gasteiger partial charge on any atom is 0.339 e. The summed E-state index contributed by atoms with van der Waals surface area (Å²) in [7, 11) is 1.48. The minimum absolute atomic E-state index is 0.0479. The molecule has 0 aromatic carbocycles. The number of nitrogens with two attached hydrogens (primary N) is 1. The number of hydrogen-bond donors (Lipinski definition) is 4. The van der Waals surface area contributed by atoms with Crippen LogP contribution in [0.15, 0.2) is 12.3 Å². The fourth-order valence-corrected chi connectivity index (χ4v) is 1.04. The van der Waals surface area contributed by atoms with Crippen molar-refractivity contribution in [3.05, 3.63) is 17.8 Å². The number of likely N-dealkylation sites (N-methyl/N-ethyl adjacent to an activating group) is 1. The Balaban J connectivity index is 2.87. The Morgan fingerprint density at radius 1 is 1.56 bits per heavy atom. The SMILES string of the molecule is CNC(=O)CNc1ncc(N)cc1C(=O)O. The van der Waals surface area contributed by atoms with Crippen LogP contribution in [0.4, 0.5) is 11.5 Å². The van der Waals surface area contributed by atoms with Crippen molar-refractivity contribution >= 4 is 23.4 Å². The normalized spacial score (nSPS) is 9.56. The lowest BCUT2D eigenvalue weighted by atomic mass is 10.2. The van der Waals surface area contributed by atoms with E-state index in [0.717, 1.165) is 0 Å². The highest BCUT2D eigenvalue weighted by Gasteiger charge is 2.12. The lowest BCUT2D eigenvalue weighted by Gasteiger charge is -2.08. The number of pyridine rings is 1. The predicted molar refractivity (Wildman–Crippen MR) is 58.2 cm³/mol. The summed E-state index contributed by atoms with van der Waals surface area (Å²) in [4.78, 5) is 25.6. The van der Waals surface area contributed by atoms with Crippen LogP contribution in [-0.2, 0) is 4.79 Å². The van der Waals surface area contributed by atoms with Crippen LogP contribution in [0.3, 0.4) is 0 Å². The summed E-state index contributed by atoms with van der Waals surface area (Å²) < 4.78 is 0. The summed E-state index contributed by atoms with van der Waals surface area (Å²) in [6.45, 7) is -0.0479. The highest BCUT2D eigenvalue weighted by molar-refractivity contribution is 5.94. The van der Waals surface area contributed by atoms with E-state index >= 15 is 0 Å². The van der Waals surface area contributed by atoms with Crippen molar-refractivity contribution in [2.45, 2.75) is 0 Å². The second kappa shape index (κ2) is 4.96. The summed E-state index contributed by atoms with van der Waals surface area (Å²) in [6.07, 6.45) is 1.32. The molecule has 0 bridgehead atoms. The Hall–Kier alpha value is -2.31. The van der Waals surface area contributed by atoms with Crippen LogP contribution in [0.5, 0.6) is 0 Å². The van der Waals surface area contributed by atoms with E-state index in [-0.39, 0.29) is 29.5 Å². The summed E-state index contributed by atoms with van der Waals surface area (Å²) in [6, 6.07) is 1.28. The first-order chi connectivity index (χ1) is 7.54. The van der Waals surface area contributed by atoms with Crippen molar-refractivity contribution in [3.63, 3.8) is 0 Å². The van der Waals surface area contributed by atoms with Gasteiger partial charge in [-0.3, -0.25) is 4.79 Å². The van der Waals surface area contributed by atoms with Gasteiger partial charge >= 0.3 is 5.97 Å². The van der Waals surface area contributed by atoms with Gasteiger partial charge in [0.2, 0.25) is 5.91 Å². The van der Waals surface area contributed by atoms with Gasteiger partial charge in [0.15, 0.2) is 0 Å². The molecule has 0 saturated heterocycles. The Morgan fingerprint density at radius 3 is 2.81 bits per heavy atom. The molecule has 7 heteroatoms. The van der Waals surface area contributed by atoms with E-state index in [1.807, 2.05) is 0 Å². The molecule has 1 heterocycles. The quantitative estimate of drug-likeness (QED) is 0.548. The molecule has 0 radical (unpaired) electrons. The monoisotopic (exact) mass is 224 g/mol. The number of nitrogen functional groups attached to an aromatic ring is 1. The Morgan fingerprint density at radius 2 is 2.25 bits per heavy atom. The molecule has 0 fully saturated rings. The first kappa shape index (κ1) is 11.8. The largest absolute Gasteiger partial charge is 0.478 e. The Kier molecular flexibility index (Phi) is 3.65. The van der Waals surface area contributed by atoms with E-state index in [0.29, 0.717) is 0 Å². The molecule has 1 aromatic heterocycles. The Bertz CT molecular complexity index is 419. The van der Waals surface area contributed by atoms with Gasteiger partial charge in [0, 0.05) is 7.05 Å². The fraction of sp³-hybridized carbons (Fsp3) is 0.222. The van der Waals surface area contributed by atoms with Crippen LogP contribution in [0.25, 0.3) is 0 Å². The van der Waals surface area contributed by atoms with Crippen molar-refractivity contribution in [1.82, 2.24) is 10.3 Å². The van der Waals surface area contributed by atoms with Gasteiger partial charge in [-0.2, -0.15) is 0 Å². The third-order valence-electron chi connectivity index (χ3n) is 1.83. The molecule has 5 N–H and O–H groups in total. The maximum atomic E-state index is 11.0. The number of amides is 1. The van der Waals surface area contributed by atoms with Gasteiger partial charge in [0.25, 0.3) is 0 Å². The van der Waals surface area contributed by atoms with Gasteiger partial charge in [0.1, 0.15) is 11.4 Å². The number of carboxylic acids is 1. The highest BCUT2D eigenvalue weighted by Crippen LogP contribution is 2.14. The maximum absolute atomic E-state index is 11.0. The molecule has 0 aliphatic carbocycles. The first-order valence-electron chi connectivity index (χ1n) is 4.48. The van der Waals surface area contributed by atoms with Crippen molar-refractivity contribution in [2.75, 3.05) is 24.6 Å². The zero-order valence-corrected chi connectivity index (χ0v) is 8.65. The molecule has 1 aromatic rings. The Labute approximate surface area is 91.7 Å². The third kappa shape index (κ3) is 2.84. The van der Waals surface area contributed by atoms with Gasteiger partial charge in [0.05, 0.1) is 18.4 Å². The van der Waals surface area contributed by atoms with E-state index in [4.69, 9.17) is 10.8 Å². The molecular weight excluding hydrogens is 212 g/mol. The smallest absolute Gasteiger partial charge is 0.339 e. The van der Waals surface area contributed by atoms with Gasteiger partial charge in [-0.25, -0.2) is 9.78 Å². The average Bonchev–Trinajstić information content (AvgIpc) is 2.26. The number of aromatic carboxylic acids is 1. The van der Waals surface area contributed by atoms with Crippen molar-refractivity contribution in [2.24, 2.45) is 0 Å². The average molecular weight is 224 g/mol. The molecule has 0 unspecified atom stereocenters. The standard InChI is InChI=1S/C9H12N4O3/c1-11-7(14)4-13-8-6(9(15)16)2-5(10)3-12-8/h2-3H,4,10H2,1H3,(H,11,14)(H,12,13)(H,15,16). The number of anilines is 2. The minimum atomic E-state index is -1.15. The summed E-state index contributed by atoms with van der Waals surface area (Å²) >= 11 is 0. The first-order valence-corrected chi connectivity index (χ1v) is 4.48. The molecule has 1 rings (SSSR count). The van der Waals surface area contributed by atoms with Crippen molar-refractivity contribution in [3.8, 4) is 0 Å². The van der Waals surface area contributed by atoms with Gasteiger partial charge < -0.3 is 21.5 Å². The van der Waals surface area contributed by atoms with Gasteiger partial charge in [-0.1, -0.05) is 0 Å². The second-order valence-electron chi connectivity index (χ2n) is 3.00. The second-order valence-corrected chi connectivity index (χ2v) is 3.00. The number of carboxylic acid groups (broad SMARTS) is 1. The van der Waals surface area contributed by atoms with E-state index in [1.165, 1.54) is 19.3 Å². The van der Waals surface area contributed by atoms with Crippen LogP contribution >= 0.6 is 0 Å². The zero-order chi connectivity index (χ0) is 12.1. The molecule has 0 saturated carbocycles.